The average molecular weight is 244 g/mol. The Morgan fingerprint density at radius 3 is 3.00 bits per heavy atom. The highest BCUT2D eigenvalue weighted by atomic mass is 35.5. The number of benzene rings is 1. The number of ether oxygens (including phenoxy) is 2. The van der Waals surface area contributed by atoms with Crippen LogP contribution in [0, 0.1) is 5.82 Å². The van der Waals surface area contributed by atoms with Crippen LogP contribution < -0.4 is 9.47 Å². The Morgan fingerprint density at radius 1 is 1.50 bits per heavy atom. The Hall–Kier alpha value is -1.58. The highest BCUT2D eigenvalue weighted by Crippen LogP contribution is 2.40. The van der Waals surface area contributed by atoms with Crippen LogP contribution in [0.4, 0.5) is 4.39 Å². The fourth-order valence-corrected chi connectivity index (χ4v) is 1.67. The number of aliphatic imine (C=N–C) groups is 1. The molecule has 0 N–H and O–H groups in total. The van der Waals surface area contributed by atoms with Gasteiger partial charge in [0.25, 0.3) is 0 Å². The number of fused-ring (bicyclic) bond motifs is 1. The second kappa shape index (κ2) is 4.51. The van der Waals surface area contributed by atoms with Gasteiger partial charge in [-0.05, 0) is 6.07 Å². The van der Waals surface area contributed by atoms with Crippen LogP contribution in [0.5, 0.6) is 11.5 Å². The van der Waals surface area contributed by atoms with Crippen LogP contribution in [0.25, 0.3) is 0 Å². The number of hydrogen-bond acceptors (Lipinski definition) is 4. The zero-order valence-electron chi connectivity index (χ0n) is 8.13. The molecule has 6 heteroatoms. The quantitative estimate of drug-likeness (QED) is 0.590. The molecule has 0 atom stereocenters. The summed E-state index contributed by atoms with van der Waals surface area (Å²) in [5.41, 5.74) is 0.178. The third-order valence-corrected chi connectivity index (χ3v) is 2.44. The van der Waals surface area contributed by atoms with Gasteiger partial charge in [-0.1, -0.05) is 11.6 Å². The first-order valence-corrected chi connectivity index (χ1v) is 4.92. The van der Waals surface area contributed by atoms with E-state index in [1.54, 1.807) is 0 Å². The normalized spacial score (nSPS) is 13.1. The Kier molecular flexibility index (Phi) is 3.08. The molecule has 0 fully saturated rings. The van der Waals surface area contributed by atoms with Crippen LogP contribution in [0.1, 0.15) is 5.56 Å². The van der Waals surface area contributed by atoms with Crippen LogP contribution in [0.3, 0.4) is 0 Å². The smallest absolute Gasteiger partial charge is 0.235 e. The number of carbonyl (C=O) groups excluding carboxylic acids is 1. The fourth-order valence-electron chi connectivity index (χ4n) is 1.41. The van der Waals surface area contributed by atoms with E-state index in [2.05, 4.69) is 4.99 Å². The molecule has 1 aliphatic heterocycles. The number of halogens is 2. The first-order chi connectivity index (χ1) is 7.74. The Balaban J connectivity index is 2.47. The maximum Gasteiger partial charge on any atom is 0.235 e. The zero-order chi connectivity index (χ0) is 11.5. The van der Waals surface area contributed by atoms with Gasteiger partial charge in [0.15, 0.2) is 17.3 Å². The molecule has 0 spiro atoms. The lowest BCUT2D eigenvalue weighted by Crippen LogP contribution is -2.16. The molecule has 1 aliphatic rings. The molecule has 0 saturated heterocycles. The van der Waals surface area contributed by atoms with Gasteiger partial charge in [0.2, 0.25) is 6.08 Å². The second-order valence-corrected chi connectivity index (χ2v) is 3.47. The molecule has 16 heavy (non-hydrogen) atoms. The minimum absolute atomic E-state index is 0.119. The lowest BCUT2D eigenvalue weighted by atomic mass is 10.1. The largest absolute Gasteiger partial charge is 0.486 e. The topological polar surface area (TPSA) is 47.9 Å². The minimum atomic E-state index is -0.648. The lowest BCUT2D eigenvalue weighted by Gasteiger charge is -2.20. The summed E-state index contributed by atoms with van der Waals surface area (Å²) >= 11 is 5.78. The second-order valence-electron chi connectivity index (χ2n) is 3.10. The zero-order valence-corrected chi connectivity index (χ0v) is 8.88. The van der Waals surface area contributed by atoms with E-state index in [1.165, 1.54) is 12.1 Å². The summed E-state index contributed by atoms with van der Waals surface area (Å²) in [5.74, 6) is -0.0806. The monoisotopic (exact) mass is 243 g/mol. The fraction of sp³-hybridized carbons (Fsp3) is 0.300. The highest BCUT2D eigenvalue weighted by Gasteiger charge is 2.21. The summed E-state index contributed by atoms with van der Waals surface area (Å²) in [7, 11) is 0. The SMILES string of the molecule is O=C=NCc1cc2c(c(Cl)c1F)OCCO2. The molecule has 1 aromatic rings. The molecule has 0 amide bonds. The number of nitrogens with zero attached hydrogens (tertiary/aromatic N) is 1. The molecule has 84 valence electrons. The van der Waals surface area contributed by atoms with Crippen molar-refractivity contribution < 1.29 is 18.7 Å². The Labute approximate surface area is 95.6 Å². The number of rotatable bonds is 2. The first-order valence-electron chi connectivity index (χ1n) is 4.54. The molecule has 1 heterocycles. The Morgan fingerprint density at radius 2 is 2.25 bits per heavy atom. The van der Waals surface area contributed by atoms with Gasteiger partial charge < -0.3 is 9.47 Å². The summed E-state index contributed by atoms with van der Waals surface area (Å²) in [4.78, 5) is 13.3. The van der Waals surface area contributed by atoms with Crippen molar-refractivity contribution in [2.45, 2.75) is 6.54 Å². The molecular weight excluding hydrogens is 237 g/mol. The maximum absolute atomic E-state index is 13.7. The third-order valence-electron chi connectivity index (χ3n) is 2.10. The molecule has 2 rings (SSSR count). The van der Waals surface area contributed by atoms with Crippen molar-refractivity contribution in [3.05, 3.63) is 22.5 Å². The van der Waals surface area contributed by atoms with Crippen LogP contribution in [-0.4, -0.2) is 19.3 Å². The molecule has 4 nitrogen and oxygen atoms in total. The average Bonchev–Trinajstić information content (AvgIpc) is 2.32. The van der Waals surface area contributed by atoms with E-state index in [0.717, 1.165) is 0 Å². The predicted octanol–water partition coefficient (Wildman–Crippen LogP) is 2.09. The van der Waals surface area contributed by atoms with Crippen molar-refractivity contribution in [2.75, 3.05) is 13.2 Å². The van der Waals surface area contributed by atoms with Crippen molar-refractivity contribution in [1.82, 2.24) is 0 Å². The van der Waals surface area contributed by atoms with Crippen molar-refractivity contribution in [3.63, 3.8) is 0 Å². The predicted molar refractivity (Wildman–Crippen MR) is 54.2 cm³/mol. The molecule has 0 aliphatic carbocycles. The Bertz CT molecular complexity index is 472. The van der Waals surface area contributed by atoms with E-state index in [-0.39, 0.29) is 22.9 Å². The van der Waals surface area contributed by atoms with Gasteiger partial charge in [0.05, 0.1) is 6.54 Å². The molecule has 0 radical (unpaired) electrons. The summed E-state index contributed by atoms with van der Waals surface area (Å²) in [6, 6.07) is 1.43. The molecule has 0 bridgehead atoms. The van der Waals surface area contributed by atoms with E-state index in [9.17, 15) is 9.18 Å². The molecule has 0 unspecified atom stereocenters. The van der Waals surface area contributed by atoms with E-state index in [1.807, 2.05) is 0 Å². The summed E-state index contributed by atoms with van der Waals surface area (Å²) < 4.78 is 24.1. The summed E-state index contributed by atoms with van der Waals surface area (Å²) in [5, 5.41) is -0.145. The van der Waals surface area contributed by atoms with Gasteiger partial charge in [-0.2, -0.15) is 0 Å². The van der Waals surface area contributed by atoms with Gasteiger partial charge in [-0.15, -0.1) is 0 Å². The number of hydrogen-bond donors (Lipinski definition) is 0. The van der Waals surface area contributed by atoms with Gasteiger partial charge in [0, 0.05) is 5.56 Å². The summed E-state index contributed by atoms with van der Waals surface area (Å²) in [6.07, 6.45) is 1.34. The van der Waals surface area contributed by atoms with E-state index >= 15 is 0 Å². The number of isocyanates is 1. The van der Waals surface area contributed by atoms with Gasteiger partial charge in [-0.25, -0.2) is 14.2 Å². The van der Waals surface area contributed by atoms with E-state index < -0.39 is 5.82 Å². The van der Waals surface area contributed by atoms with Gasteiger partial charge in [0.1, 0.15) is 18.2 Å². The van der Waals surface area contributed by atoms with E-state index in [4.69, 9.17) is 21.1 Å². The van der Waals surface area contributed by atoms with Crippen molar-refractivity contribution in [2.24, 2.45) is 4.99 Å². The molecule has 1 aromatic carbocycles. The van der Waals surface area contributed by atoms with Gasteiger partial charge in [-0.3, -0.25) is 0 Å². The minimum Gasteiger partial charge on any atom is -0.486 e. The van der Waals surface area contributed by atoms with Crippen LogP contribution in [-0.2, 0) is 11.3 Å². The van der Waals surface area contributed by atoms with Crippen LogP contribution in [0.2, 0.25) is 5.02 Å². The lowest BCUT2D eigenvalue weighted by molar-refractivity contribution is 0.170. The standard InChI is InChI=1S/C10H7ClFNO3/c11-8-9(12)6(4-13-5-14)3-7-10(8)16-2-1-15-7/h3H,1-2,4H2. The van der Waals surface area contributed by atoms with Crippen LogP contribution >= 0.6 is 11.6 Å². The van der Waals surface area contributed by atoms with Crippen molar-refractivity contribution >= 4 is 17.7 Å². The first kappa shape index (κ1) is 10.9. The highest BCUT2D eigenvalue weighted by molar-refractivity contribution is 6.32. The molecular formula is C10H7ClFNO3. The molecule has 0 saturated carbocycles. The maximum atomic E-state index is 13.7. The van der Waals surface area contributed by atoms with E-state index in [0.29, 0.717) is 19.0 Å². The van der Waals surface area contributed by atoms with Crippen molar-refractivity contribution in [1.29, 1.82) is 0 Å². The molecule has 0 aromatic heterocycles. The third kappa shape index (κ3) is 1.87. The summed E-state index contributed by atoms with van der Waals surface area (Å²) in [6.45, 7) is 0.592. The van der Waals surface area contributed by atoms with Gasteiger partial charge >= 0.3 is 0 Å². The van der Waals surface area contributed by atoms with Crippen molar-refractivity contribution in [3.8, 4) is 11.5 Å². The van der Waals surface area contributed by atoms with Crippen LogP contribution in [0.15, 0.2) is 11.1 Å².